The minimum absolute atomic E-state index is 1.12. The second kappa shape index (κ2) is 6.44. The van der Waals surface area contributed by atoms with E-state index in [1.165, 1.54) is 33.3 Å². The Morgan fingerprint density at radius 3 is 2.28 bits per heavy atom. The molecular weight excluding hydrogens is 218 g/mol. The second-order valence-corrected chi connectivity index (χ2v) is 4.26. The fourth-order valence-corrected chi connectivity index (χ4v) is 2.29. The first kappa shape index (κ1) is 14.6. The van der Waals surface area contributed by atoms with Crippen molar-refractivity contribution >= 4 is 17.0 Å². The molecule has 98 valence electrons. The molecule has 1 aliphatic carbocycles. The van der Waals surface area contributed by atoms with E-state index in [1.807, 2.05) is 27.7 Å². The smallest absolute Gasteiger partial charge is 0.0462 e. The Hall–Kier alpha value is -1.50. The zero-order chi connectivity index (χ0) is 13.7. The number of aromatic amines is 1. The predicted molar refractivity (Wildman–Crippen MR) is 83.1 cm³/mol. The zero-order valence-corrected chi connectivity index (χ0v) is 12.5. The highest BCUT2D eigenvalue weighted by atomic mass is 14.7. The Kier molecular flexibility index (Phi) is 5.21. The van der Waals surface area contributed by atoms with E-state index < -0.39 is 0 Å². The highest BCUT2D eigenvalue weighted by Crippen LogP contribution is 2.29. The summed E-state index contributed by atoms with van der Waals surface area (Å²) in [5.41, 5.74) is 6.81. The molecular formula is C17H25N. The summed E-state index contributed by atoms with van der Waals surface area (Å²) in [6, 6.07) is 6.78. The van der Waals surface area contributed by atoms with Crippen molar-refractivity contribution < 1.29 is 0 Å². The Morgan fingerprint density at radius 1 is 0.944 bits per heavy atom. The molecule has 1 heterocycles. The van der Waals surface area contributed by atoms with Gasteiger partial charge in [-0.05, 0) is 55.0 Å². The van der Waals surface area contributed by atoms with E-state index in [1.54, 1.807) is 0 Å². The quantitative estimate of drug-likeness (QED) is 0.630. The third-order valence-corrected chi connectivity index (χ3v) is 2.89. The van der Waals surface area contributed by atoms with Gasteiger partial charge in [0.25, 0.3) is 0 Å². The van der Waals surface area contributed by atoms with E-state index in [4.69, 9.17) is 0 Å². The highest BCUT2D eigenvalue weighted by molar-refractivity contribution is 5.85. The largest absolute Gasteiger partial charge is 0.359 e. The molecule has 2 aromatic rings. The van der Waals surface area contributed by atoms with Gasteiger partial charge in [-0.25, -0.2) is 0 Å². The number of H-pyrrole nitrogens is 1. The lowest BCUT2D eigenvalue weighted by Gasteiger charge is -1.98. The van der Waals surface area contributed by atoms with Crippen LogP contribution in [0.2, 0.25) is 0 Å². The van der Waals surface area contributed by atoms with Crippen LogP contribution >= 0.6 is 0 Å². The molecule has 1 aromatic heterocycles. The molecule has 0 atom stereocenters. The highest BCUT2D eigenvalue weighted by Gasteiger charge is 2.11. The molecule has 0 aliphatic heterocycles. The fraction of sp³-hybridized carbons (Fsp3) is 0.412. The van der Waals surface area contributed by atoms with Crippen LogP contribution in [0.25, 0.3) is 17.0 Å². The van der Waals surface area contributed by atoms with Crippen molar-refractivity contribution in [3.8, 4) is 0 Å². The fourth-order valence-electron chi connectivity index (χ4n) is 2.29. The van der Waals surface area contributed by atoms with Crippen LogP contribution in [-0.2, 0) is 6.42 Å². The first-order chi connectivity index (χ1) is 8.72. The van der Waals surface area contributed by atoms with E-state index in [-0.39, 0.29) is 0 Å². The van der Waals surface area contributed by atoms with Crippen molar-refractivity contribution in [3.63, 3.8) is 0 Å². The van der Waals surface area contributed by atoms with Crippen molar-refractivity contribution in [2.75, 3.05) is 0 Å². The number of nitrogens with one attached hydrogen (secondary N) is 1. The van der Waals surface area contributed by atoms with Gasteiger partial charge in [-0.15, -0.1) is 0 Å². The minimum Gasteiger partial charge on any atom is -0.359 e. The van der Waals surface area contributed by atoms with Crippen LogP contribution in [0.15, 0.2) is 23.8 Å². The third-order valence-electron chi connectivity index (χ3n) is 2.89. The van der Waals surface area contributed by atoms with Gasteiger partial charge < -0.3 is 4.98 Å². The van der Waals surface area contributed by atoms with Crippen LogP contribution in [0.1, 0.15) is 51.4 Å². The van der Waals surface area contributed by atoms with Crippen molar-refractivity contribution in [1.82, 2.24) is 4.98 Å². The van der Waals surface area contributed by atoms with Gasteiger partial charge in [-0.3, -0.25) is 0 Å². The molecule has 0 bridgehead atoms. The Balaban J connectivity index is 0.000000371. The molecule has 0 spiro atoms. The summed E-state index contributed by atoms with van der Waals surface area (Å²) in [5.74, 6) is 0. The van der Waals surface area contributed by atoms with Crippen LogP contribution in [0.5, 0.6) is 0 Å². The minimum atomic E-state index is 1.12. The number of hydrogen-bond acceptors (Lipinski definition) is 0. The number of rotatable bonds is 0. The van der Waals surface area contributed by atoms with Crippen molar-refractivity contribution in [2.24, 2.45) is 0 Å². The SMILES string of the molecule is CC.CC.CC1=Cc2cc3[nH]c(C)cc3cc2C1. The van der Waals surface area contributed by atoms with Gasteiger partial charge in [0.05, 0.1) is 0 Å². The summed E-state index contributed by atoms with van der Waals surface area (Å²) < 4.78 is 0. The lowest BCUT2D eigenvalue weighted by Crippen LogP contribution is -1.82. The first-order valence-electron chi connectivity index (χ1n) is 7.02. The lowest BCUT2D eigenvalue weighted by atomic mass is 10.1. The van der Waals surface area contributed by atoms with E-state index in [2.05, 4.69) is 43.1 Å². The predicted octanol–water partition coefficient (Wildman–Crippen LogP) is 5.49. The number of benzene rings is 1. The number of allylic oxidation sites excluding steroid dienone is 1. The van der Waals surface area contributed by atoms with Crippen LogP contribution in [-0.4, -0.2) is 4.98 Å². The molecule has 0 saturated heterocycles. The van der Waals surface area contributed by atoms with Crippen LogP contribution in [0.4, 0.5) is 0 Å². The Bertz CT molecular complexity index is 544. The standard InChI is InChI=1S/C13H13N.2C2H6/c1-8-3-10-6-12-5-9(2)14-13(12)7-11(10)4-8;2*1-2/h4-7,14H,3H2,1-2H3;2*1-2H3. The van der Waals surface area contributed by atoms with Crippen LogP contribution in [0, 0.1) is 6.92 Å². The molecule has 0 saturated carbocycles. The molecule has 0 unspecified atom stereocenters. The molecule has 3 rings (SSSR count). The van der Waals surface area contributed by atoms with Gasteiger partial charge in [0.15, 0.2) is 0 Å². The average Bonchev–Trinajstić information content (AvgIpc) is 2.90. The Morgan fingerprint density at radius 2 is 1.61 bits per heavy atom. The topological polar surface area (TPSA) is 15.8 Å². The van der Waals surface area contributed by atoms with Gasteiger partial charge in [-0.1, -0.05) is 39.3 Å². The lowest BCUT2D eigenvalue weighted by molar-refractivity contribution is 1.20. The number of aryl methyl sites for hydroxylation is 1. The molecule has 0 fully saturated rings. The number of fused-ring (bicyclic) bond motifs is 2. The second-order valence-electron chi connectivity index (χ2n) is 4.26. The maximum Gasteiger partial charge on any atom is 0.0462 e. The third kappa shape index (κ3) is 2.84. The summed E-state index contributed by atoms with van der Waals surface area (Å²) in [4.78, 5) is 3.37. The van der Waals surface area contributed by atoms with E-state index >= 15 is 0 Å². The summed E-state index contributed by atoms with van der Waals surface area (Å²) in [7, 11) is 0. The monoisotopic (exact) mass is 243 g/mol. The average molecular weight is 243 g/mol. The van der Waals surface area contributed by atoms with Gasteiger partial charge in [0.1, 0.15) is 0 Å². The molecule has 1 aromatic carbocycles. The van der Waals surface area contributed by atoms with E-state index in [0.29, 0.717) is 0 Å². The molecule has 1 nitrogen and oxygen atoms in total. The summed E-state index contributed by atoms with van der Waals surface area (Å²) in [6.45, 7) is 12.3. The molecule has 1 heteroatoms. The van der Waals surface area contributed by atoms with Crippen LogP contribution in [0.3, 0.4) is 0 Å². The van der Waals surface area contributed by atoms with E-state index in [9.17, 15) is 0 Å². The Labute approximate surface area is 111 Å². The molecule has 1 N–H and O–H groups in total. The summed E-state index contributed by atoms with van der Waals surface area (Å²) in [6.07, 6.45) is 3.40. The first-order valence-corrected chi connectivity index (χ1v) is 7.02. The van der Waals surface area contributed by atoms with Crippen molar-refractivity contribution in [3.05, 3.63) is 40.6 Å². The molecule has 1 aliphatic rings. The number of hydrogen-bond donors (Lipinski definition) is 1. The maximum atomic E-state index is 3.37. The van der Waals surface area contributed by atoms with E-state index in [0.717, 1.165) is 6.42 Å². The van der Waals surface area contributed by atoms with Crippen LogP contribution < -0.4 is 0 Å². The van der Waals surface area contributed by atoms with Gasteiger partial charge in [0.2, 0.25) is 0 Å². The molecule has 18 heavy (non-hydrogen) atoms. The normalized spacial score (nSPS) is 12.0. The van der Waals surface area contributed by atoms with Gasteiger partial charge in [-0.2, -0.15) is 0 Å². The van der Waals surface area contributed by atoms with Crippen molar-refractivity contribution in [2.45, 2.75) is 48.0 Å². The summed E-state index contributed by atoms with van der Waals surface area (Å²) >= 11 is 0. The van der Waals surface area contributed by atoms with Gasteiger partial charge >= 0.3 is 0 Å². The number of aromatic nitrogens is 1. The molecule has 0 amide bonds. The maximum absolute atomic E-state index is 3.37. The zero-order valence-electron chi connectivity index (χ0n) is 12.5. The summed E-state index contributed by atoms with van der Waals surface area (Å²) in [5, 5.41) is 1.34. The molecule has 0 radical (unpaired) electrons. The van der Waals surface area contributed by atoms with Gasteiger partial charge in [0, 0.05) is 11.2 Å². The van der Waals surface area contributed by atoms with Crippen molar-refractivity contribution in [1.29, 1.82) is 0 Å².